The van der Waals surface area contributed by atoms with Gasteiger partial charge in [-0.1, -0.05) is 40.5 Å². The van der Waals surface area contributed by atoms with E-state index in [2.05, 4.69) is 26.5 Å². The van der Waals surface area contributed by atoms with Gasteiger partial charge in [-0.15, -0.1) is 0 Å². The van der Waals surface area contributed by atoms with E-state index in [9.17, 15) is 13.2 Å². The van der Waals surface area contributed by atoms with Gasteiger partial charge in [-0.25, -0.2) is 13.8 Å². The summed E-state index contributed by atoms with van der Waals surface area (Å²) in [4.78, 5) is 12.6. The summed E-state index contributed by atoms with van der Waals surface area (Å²) < 4.78 is 33.9. The quantitative estimate of drug-likeness (QED) is 0.588. The Morgan fingerprint density at radius 1 is 1.13 bits per heavy atom. The molecule has 0 unspecified atom stereocenters. The third-order valence-corrected chi connectivity index (χ3v) is 7.08. The fourth-order valence-corrected chi connectivity index (χ4v) is 5.38. The Hall–Kier alpha value is -2.39. The molecule has 7 nitrogen and oxygen atoms in total. The number of benzene rings is 2. The lowest BCUT2D eigenvalue weighted by Crippen LogP contribution is -2.40. The molecule has 1 amide bonds. The van der Waals surface area contributed by atoms with Crippen LogP contribution in [-0.4, -0.2) is 33.7 Å². The summed E-state index contributed by atoms with van der Waals surface area (Å²) in [5, 5.41) is 4.20. The number of amides is 1. The van der Waals surface area contributed by atoms with Gasteiger partial charge in [0.2, 0.25) is 0 Å². The molecule has 0 bridgehead atoms. The molecule has 0 heterocycles. The van der Waals surface area contributed by atoms with Crippen LogP contribution in [0.4, 0.5) is 5.69 Å². The van der Waals surface area contributed by atoms with Crippen LogP contribution in [0.15, 0.2) is 63.0 Å². The van der Waals surface area contributed by atoms with E-state index < -0.39 is 22.5 Å². The molecular weight excluding hydrogens is 470 g/mol. The molecule has 0 saturated heterocycles. The van der Waals surface area contributed by atoms with E-state index in [0.717, 1.165) is 35.7 Å². The Bertz CT molecular complexity index is 1020. The highest BCUT2D eigenvalue weighted by Gasteiger charge is 2.30. The highest BCUT2D eigenvalue weighted by atomic mass is 79.9. The summed E-state index contributed by atoms with van der Waals surface area (Å²) >= 11 is 3.31. The SMILES string of the molecule is COc1ccc(Br)cc1S(=O)(=O)N(CC(=O)NN=C1CCCCC1)c1ccccc1. The molecular formula is C21H24BrN3O4S. The zero-order valence-corrected chi connectivity index (χ0v) is 19.1. The van der Waals surface area contributed by atoms with E-state index in [1.165, 1.54) is 19.6 Å². The van der Waals surface area contributed by atoms with Crippen molar-refractivity contribution in [2.24, 2.45) is 5.10 Å². The molecule has 0 aliphatic heterocycles. The van der Waals surface area contributed by atoms with Crippen LogP contribution in [0.25, 0.3) is 0 Å². The van der Waals surface area contributed by atoms with Crippen LogP contribution in [0.3, 0.4) is 0 Å². The first kappa shape index (κ1) is 22.3. The summed E-state index contributed by atoms with van der Waals surface area (Å²) in [7, 11) is -2.68. The summed E-state index contributed by atoms with van der Waals surface area (Å²) in [6, 6.07) is 13.2. The van der Waals surface area contributed by atoms with Crippen molar-refractivity contribution in [3.8, 4) is 5.75 Å². The maximum Gasteiger partial charge on any atom is 0.268 e. The molecule has 1 saturated carbocycles. The van der Waals surface area contributed by atoms with Crippen molar-refractivity contribution in [2.45, 2.75) is 37.0 Å². The third kappa shape index (κ3) is 5.40. The van der Waals surface area contributed by atoms with E-state index in [1.54, 1.807) is 42.5 Å². The Kier molecular flexibility index (Phi) is 7.49. The number of nitrogens with zero attached hydrogens (tertiary/aromatic N) is 2. The number of halogens is 1. The monoisotopic (exact) mass is 493 g/mol. The molecule has 2 aromatic carbocycles. The smallest absolute Gasteiger partial charge is 0.268 e. The van der Waals surface area contributed by atoms with Crippen molar-refractivity contribution in [3.63, 3.8) is 0 Å². The topological polar surface area (TPSA) is 88.1 Å². The number of hydrogen-bond donors (Lipinski definition) is 1. The van der Waals surface area contributed by atoms with Crippen LogP contribution in [-0.2, 0) is 14.8 Å². The van der Waals surface area contributed by atoms with Crippen molar-refractivity contribution in [1.82, 2.24) is 5.43 Å². The lowest BCUT2D eigenvalue weighted by atomic mass is 9.99. The van der Waals surface area contributed by atoms with Gasteiger partial charge in [-0.05, 0) is 56.0 Å². The number of hydrogen-bond acceptors (Lipinski definition) is 5. The number of nitrogens with one attached hydrogen (secondary N) is 1. The van der Waals surface area contributed by atoms with Gasteiger partial charge in [0.1, 0.15) is 17.2 Å². The van der Waals surface area contributed by atoms with Gasteiger partial charge in [0.05, 0.1) is 12.8 Å². The Morgan fingerprint density at radius 3 is 2.50 bits per heavy atom. The lowest BCUT2D eigenvalue weighted by molar-refractivity contribution is -0.119. The largest absolute Gasteiger partial charge is 0.495 e. The normalized spacial score (nSPS) is 14.1. The number of sulfonamides is 1. The predicted molar refractivity (Wildman–Crippen MR) is 120 cm³/mol. The molecule has 1 aliphatic rings. The third-order valence-electron chi connectivity index (χ3n) is 4.79. The molecule has 3 rings (SSSR count). The van der Waals surface area contributed by atoms with Gasteiger partial charge >= 0.3 is 0 Å². The van der Waals surface area contributed by atoms with Gasteiger partial charge in [-0.2, -0.15) is 5.10 Å². The van der Waals surface area contributed by atoms with Crippen LogP contribution >= 0.6 is 15.9 Å². The molecule has 0 spiro atoms. The molecule has 9 heteroatoms. The standard InChI is InChI=1S/C21H24BrN3O4S/c1-29-19-13-12-16(22)14-20(19)30(27,28)25(18-10-6-3-7-11-18)15-21(26)24-23-17-8-4-2-5-9-17/h3,6-7,10-14H,2,4-5,8-9,15H2,1H3,(H,24,26). The van der Waals surface area contributed by atoms with E-state index in [1.807, 2.05) is 0 Å². The molecule has 160 valence electrons. The van der Waals surface area contributed by atoms with Gasteiger partial charge in [-0.3, -0.25) is 9.10 Å². The minimum absolute atomic E-state index is 0.0328. The van der Waals surface area contributed by atoms with Gasteiger partial charge in [0.15, 0.2) is 0 Å². The second kappa shape index (κ2) is 10.1. The first-order valence-electron chi connectivity index (χ1n) is 9.67. The first-order valence-corrected chi connectivity index (χ1v) is 11.9. The molecule has 0 aromatic heterocycles. The highest BCUT2D eigenvalue weighted by Crippen LogP contribution is 2.32. The molecule has 2 aromatic rings. The molecule has 30 heavy (non-hydrogen) atoms. The van der Waals surface area contributed by atoms with Crippen LogP contribution in [0.2, 0.25) is 0 Å². The Labute approximate surface area is 185 Å². The van der Waals surface area contributed by atoms with Crippen molar-refractivity contribution in [3.05, 3.63) is 53.0 Å². The second-order valence-electron chi connectivity index (χ2n) is 6.92. The van der Waals surface area contributed by atoms with E-state index in [0.29, 0.717) is 10.2 Å². The van der Waals surface area contributed by atoms with Crippen molar-refractivity contribution in [2.75, 3.05) is 18.0 Å². The minimum Gasteiger partial charge on any atom is -0.495 e. The van der Waals surface area contributed by atoms with Crippen LogP contribution in [0, 0.1) is 0 Å². The number of rotatable bonds is 7. The van der Waals surface area contributed by atoms with Crippen LogP contribution < -0.4 is 14.5 Å². The first-order chi connectivity index (χ1) is 14.4. The van der Waals surface area contributed by atoms with E-state index in [-0.39, 0.29) is 10.6 Å². The number of carbonyl (C=O) groups excluding carboxylic acids is 1. The summed E-state index contributed by atoms with van der Waals surface area (Å²) in [6.07, 6.45) is 5.00. The fraction of sp³-hybridized carbons (Fsp3) is 0.333. The molecule has 0 atom stereocenters. The predicted octanol–water partition coefficient (Wildman–Crippen LogP) is 4.09. The van der Waals surface area contributed by atoms with Gasteiger partial charge < -0.3 is 4.74 Å². The van der Waals surface area contributed by atoms with Crippen molar-refractivity contribution < 1.29 is 17.9 Å². The summed E-state index contributed by atoms with van der Waals surface area (Å²) in [5.41, 5.74) is 3.84. The minimum atomic E-state index is -4.09. The van der Waals surface area contributed by atoms with Crippen molar-refractivity contribution >= 4 is 43.3 Å². The van der Waals surface area contributed by atoms with Gasteiger partial charge in [0.25, 0.3) is 15.9 Å². The number of anilines is 1. The maximum atomic E-state index is 13.5. The molecule has 1 fully saturated rings. The Morgan fingerprint density at radius 2 is 1.83 bits per heavy atom. The number of para-hydroxylation sites is 1. The van der Waals surface area contributed by atoms with E-state index in [4.69, 9.17) is 4.74 Å². The van der Waals surface area contributed by atoms with Gasteiger partial charge in [0, 0.05) is 10.2 Å². The highest BCUT2D eigenvalue weighted by molar-refractivity contribution is 9.10. The maximum absolute atomic E-state index is 13.5. The second-order valence-corrected chi connectivity index (χ2v) is 9.66. The number of carbonyl (C=O) groups is 1. The van der Waals surface area contributed by atoms with Crippen molar-refractivity contribution in [1.29, 1.82) is 0 Å². The molecule has 1 aliphatic carbocycles. The zero-order valence-electron chi connectivity index (χ0n) is 16.7. The fourth-order valence-electron chi connectivity index (χ4n) is 3.26. The molecule has 1 N–H and O–H groups in total. The summed E-state index contributed by atoms with van der Waals surface area (Å²) in [5.74, 6) is -0.309. The van der Waals surface area contributed by atoms with E-state index >= 15 is 0 Å². The lowest BCUT2D eigenvalue weighted by Gasteiger charge is -2.24. The number of methoxy groups -OCH3 is 1. The Balaban J connectivity index is 1.91. The molecule has 0 radical (unpaired) electrons. The number of ether oxygens (including phenoxy) is 1. The average molecular weight is 494 g/mol. The van der Waals surface area contributed by atoms with Crippen LogP contribution in [0.1, 0.15) is 32.1 Å². The summed E-state index contributed by atoms with van der Waals surface area (Å²) in [6.45, 7) is -0.404. The van der Waals surface area contributed by atoms with Crippen LogP contribution in [0.5, 0.6) is 5.75 Å². The number of hydrazone groups is 1. The average Bonchev–Trinajstić information content (AvgIpc) is 2.77. The zero-order chi connectivity index (χ0) is 21.6.